The van der Waals surface area contributed by atoms with Gasteiger partial charge in [0, 0.05) is 63.8 Å². The monoisotopic (exact) mass is 385 g/mol. The number of carbonyl (C=O) groups excluding carboxylic acids is 2. The predicted octanol–water partition coefficient (Wildman–Crippen LogP) is 2.54. The summed E-state index contributed by atoms with van der Waals surface area (Å²) in [5, 5.41) is 2.94. The molecule has 1 aromatic heterocycles. The summed E-state index contributed by atoms with van der Waals surface area (Å²) in [6, 6.07) is 1.95. The minimum absolute atomic E-state index is 0.0255. The number of rotatable bonds is 9. The topological polar surface area (TPSA) is 63.6 Å². The van der Waals surface area contributed by atoms with E-state index in [1.54, 1.807) is 24.2 Å². The number of carbonyl (C=O) groups is 2. The van der Waals surface area contributed by atoms with E-state index in [0.29, 0.717) is 26.2 Å². The number of hydrogen-bond donors (Lipinski definition) is 1. The maximum Gasteiger partial charge on any atom is 0.246 e. The third kappa shape index (κ3) is 5.96. The molecule has 0 aliphatic carbocycles. The van der Waals surface area contributed by atoms with Gasteiger partial charge in [-0.05, 0) is 31.1 Å². The molecule has 1 aliphatic heterocycles. The highest BCUT2D eigenvalue weighted by Gasteiger charge is 2.44. The van der Waals surface area contributed by atoms with Crippen LogP contribution in [0.5, 0.6) is 0 Å². The number of aromatic nitrogens is 1. The van der Waals surface area contributed by atoms with Crippen molar-refractivity contribution in [2.75, 3.05) is 33.4 Å². The van der Waals surface area contributed by atoms with E-state index in [1.807, 2.05) is 55.2 Å². The molecule has 0 aromatic carbocycles. The second-order valence-electron chi connectivity index (χ2n) is 7.34. The van der Waals surface area contributed by atoms with Gasteiger partial charge in [0.15, 0.2) is 0 Å². The maximum atomic E-state index is 12.4. The number of allylic oxidation sites excluding steroid dienone is 3. The van der Waals surface area contributed by atoms with Crippen LogP contribution in [0, 0.1) is 5.41 Å². The van der Waals surface area contributed by atoms with Gasteiger partial charge in [-0.2, -0.15) is 0 Å². The molecule has 1 aromatic rings. The van der Waals surface area contributed by atoms with Gasteiger partial charge in [0.1, 0.15) is 0 Å². The van der Waals surface area contributed by atoms with Gasteiger partial charge in [-0.25, -0.2) is 0 Å². The number of aryl methyl sites for hydroxylation is 1. The normalized spacial score (nSPS) is 16.6. The molecule has 2 amide bonds. The van der Waals surface area contributed by atoms with E-state index in [9.17, 15) is 9.59 Å². The van der Waals surface area contributed by atoms with Crippen molar-refractivity contribution < 1.29 is 14.3 Å². The lowest BCUT2D eigenvalue weighted by molar-refractivity contribution is -0.141. The van der Waals surface area contributed by atoms with E-state index >= 15 is 0 Å². The smallest absolute Gasteiger partial charge is 0.246 e. The van der Waals surface area contributed by atoms with Crippen molar-refractivity contribution in [3.8, 4) is 0 Å². The number of hydrogen-bond acceptors (Lipinski definition) is 3. The molecule has 152 valence electrons. The summed E-state index contributed by atoms with van der Waals surface area (Å²) >= 11 is 0. The number of amides is 2. The van der Waals surface area contributed by atoms with Crippen LogP contribution < -0.4 is 5.32 Å². The Morgan fingerprint density at radius 3 is 2.61 bits per heavy atom. The zero-order chi connectivity index (χ0) is 20.6. The van der Waals surface area contributed by atoms with E-state index < -0.39 is 0 Å². The van der Waals surface area contributed by atoms with E-state index in [4.69, 9.17) is 4.74 Å². The number of likely N-dealkylation sites (tertiary alicyclic amines) is 1. The molecule has 0 unspecified atom stereocenters. The first-order valence-electron chi connectivity index (χ1n) is 9.60. The van der Waals surface area contributed by atoms with Gasteiger partial charge in [0.25, 0.3) is 0 Å². The fourth-order valence-electron chi connectivity index (χ4n) is 3.31. The molecular formula is C22H31N3O3. The Balaban J connectivity index is 1.86. The zero-order valence-electron chi connectivity index (χ0n) is 17.3. The Bertz CT molecular complexity index is 768. The lowest BCUT2D eigenvalue weighted by Crippen LogP contribution is -2.64. The van der Waals surface area contributed by atoms with Crippen molar-refractivity contribution >= 4 is 17.9 Å². The second kappa shape index (κ2) is 10.1. The van der Waals surface area contributed by atoms with Crippen molar-refractivity contribution in [1.82, 2.24) is 14.8 Å². The van der Waals surface area contributed by atoms with E-state index in [2.05, 4.69) is 12.2 Å². The molecular weight excluding hydrogens is 354 g/mol. The Morgan fingerprint density at radius 1 is 1.29 bits per heavy atom. The lowest BCUT2D eigenvalue weighted by Gasteiger charge is -2.49. The van der Waals surface area contributed by atoms with Crippen LogP contribution >= 0.6 is 0 Å². The highest BCUT2D eigenvalue weighted by atomic mass is 16.5. The molecule has 2 rings (SSSR count). The third-order valence-electron chi connectivity index (χ3n) is 4.95. The SMILES string of the molecule is C/C=C(\C=C\C(=O)NCC1(COC)CN(C(=O)/C=C/c2ccn(C)c2)C1)CC. The van der Waals surface area contributed by atoms with Crippen LogP contribution in [-0.4, -0.2) is 54.6 Å². The van der Waals surface area contributed by atoms with Crippen LogP contribution in [0.3, 0.4) is 0 Å². The Labute approximate surface area is 167 Å². The molecule has 1 fully saturated rings. The molecule has 0 saturated carbocycles. The second-order valence-corrected chi connectivity index (χ2v) is 7.34. The van der Waals surface area contributed by atoms with E-state index in [-0.39, 0.29) is 17.2 Å². The molecule has 0 atom stereocenters. The third-order valence-corrected chi connectivity index (χ3v) is 4.95. The van der Waals surface area contributed by atoms with Crippen molar-refractivity contribution in [3.05, 3.63) is 53.9 Å². The summed E-state index contributed by atoms with van der Waals surface area (Å²) in [7, 11) is 3.58. The lowest BCUT2D eigenvalue weighted by atomic mass is 9.80. The average molecular weight is 386 g/mol. The van der Waals surface area contributed by atoms with Crippen molar-refractivity contribution in [2.45, 2.75) is 20.3 Å². The molecule has 0 spiro atoms. The predicted molar refractivity (Wildman–Crippen MR) is 112 cm³/mol. The highest BCUT2D eigenvalue weighted by molar-refractivity contribution is 5.92. The highest BCUT2D eigenvalue weighted by Crippen LogP contribution is 2.30. The quantitative estimate of drug-likeness (QED) is 0.525. The van der Waals surface area contributed by atoms with Crippen LogP contribution in [0.15, 0.2) is 48.3 Å². The first-order valence-corrected chi connectivity index (χ1v) is 9.60. The largest absolute Gasteiger partial charge is 0.384 e. The Kier molecular flexibility index (Phi) is 7.81. The van der Waals surface area contributed by atoms with Crippen molar-refractivity contribution in [3.63, 3.8) is 0 Å². The molecule has 6 heteroatoms. The number of nitrogens with one attached hydrogen (secondary N) is 1. The van der Waals surface area contributed by atoms with Gasteiger partial charge >= 0.3 is 0 Å². The van der Waals surface area contributed by atoms with Crippen LogP contribution in [0.1, 0.15) is 25.8 Å². The summed E-state index contributed by atoms with van der Waals surface area (Å²) in [6.45, 7) is 6.12. The molecule has 2 heterocycles. The minimum atomic E-state index is -0.233. The van der Waals surface area contributed by atoms with Gasteiger partial charge < -0.3 is 19.5 Å². The number of methoxy groups -OCH3 is 1. The molecule has 1 N–H and O–H groups in total. The first-order chi connectivity index (χ1) is 13.4. The molecule has 1 aliphatic rings. The van der Waals surface area contributed by atoms with Crippen LogP contribution in [0.25, 0.3) is 6.08 Å². The minimum Gasteiger partial charge on any atom is -0.384 e. The van der Waals surface area contributed by atoms with Gasteiger partial charge in [-0.1, -0.05) is 24.6 Å². The van der Waals surface area contributed by atoms with Gasteiger partial charge in [0.2, 0.25) is 11.8 Å². The molecule has 0 bridgehead atoms. The summed E-state index contributed by atoms with van der Waals surface area (Å²) in [6.07, 6.45) is 13.6. The number of nitrogens with zero attached hydrogens (tertiary/aromatic N) is 2. The Hall–Kier alpha value is -2.60. The van der Waals surface area contributed by atoms with E-state index in [1.165, 1.54) is 0 Å². The number of ether oxygens (including phenoxy) is 1. The van der Waals surface area contributed by atoms with Crippen LogP contribution in [0.4, 0.5) is 0 Å². The average Bonchev–Trinajstić information content (AvgIpc) is 3.07. The van der Waals surface area contributed by atoms with Gasteiger partial charge in [-0.15, -0.1) is 0 Å². The summed E-state index contributed by atoms with van der Waals surface area (Å²) in [5.41, 5.74) is 1.88. The standard InChI is InChI=1S/C22H31N3O3/c1-5-18(6-2)7-9-20(26)23-14-22(17-28-4)15-25(16-22)21(27)10-8-19-11-12-24(3)13-19/h5,7-13H,6,14-17H2,1-4H3,(H,23,26)/b9-7+,10-8+,18-5-. The maximum absolute atomic E-state index is 12.4. The van der Waals surface area contributed by atoms with Crippen molar-refractivity contribution in [1.29, 1.82) is 0 Å². The zero-order valence-corrected chi connectivity index (χ0v) is 17.3. The fourth-order valence-corrected chi connectivity index (χ4v) is 3.31. The molecule has 0 radical (unpaired) electrons. The summed E-state index contributed by atoms with van der Waals surface area (Å²) in [4.78, 5) is 26.2. The first kappa shape index (κ1) is 21.7. The molecule has 1 saturated heterocycles. The van der Waals surface area contributed by atoms with Crippen molar-refractivity contribution in [2.24, 2.45) is 12.5 Å². The van der Waals surface area contributed by atoms with E-state index in [0.717, 1.165) is 17.6 Å². The summed E-state index contributed by atoms with van der Waals surface area (Å²) in [5.74, 6) is -0.153. The summed E-state index contributed by atoms with van der Waals surface area (Å²) < 4.78 is 7.28. The van der Waals surface area contributed by atoms with Crippen LogP contribution in [-0.2, 0) is 21.4 Å². The molecule has 6 nitrogen and oxygen atoms in total. The molecule has 28 heavy (non-hydrogen) atoms. The van der Waals surface area contributed by atoms with Gasteiger partial charge in [-0.3, -0.25) is 9.59 Å². The van der Waals surface area contributed by atoms with Crippen LogP contribution in [0.2, 0.25) is 0 Å². The fraction of sp³-hybridized carbons (Fsp3) is 0.455. The Morgan fingerprint density at radius 2 is 2.04 bits per heavy atom. The van der Waals surface area contributed by atoms with Gasteiger partial charge in [0.05, 0.1) is 6.61 Å².